The molecule has 82 valence electrons. The Balaban J connectivity index is 3.30. The quantitative estimate of drug-likeness (QED) is 0.872. The predicted octanol–water partition coefficient (Wildman–Crippen LogP) is 3.14. The third-order valence-electron chi connectivity index (χ3n) is 2.18. The van der Waals surface area contributed by atoms with Crippen LogP contribution in [0.15, 0.2) is 18.2 Å². The second-order valence-corrected chi connectivity index (χ2v) is 3.49. The molecule has 0 heterocycles. The maximum absolute atomic E-state index is 14.0. The van der Waals surface area contributed by atoms with Gasteiger partial charge >= 0.3 is 5.97 Å². The van der Waals surface area contributed by atoms with E-state index >= 15 is 0 Å². The summed E-state index contributed by atoms with van der Waals surface area (Å²) in [4.78, 5) is 10.8. The minimum atomic E-state index is -2.56. The van der Waals surface area contributed by atoms with E-state index in [1.807, 2.05) is 0 Å². The van der Waals surface area contributed by atoms with E-state index in [0.717, 1.165) is 18.2 Å². The van der Waals surface area contributed by atoms with Gasteiger partial charge in [0.2, 0.25) is 5.67 Å². The van der Waals surface area contributed by atoms with Crippen LogP contribution in [-0.2, 0) is 10.5 Å². The molecule has 0 saturated heterocycles. The van der Waals surface area contributed by atoms with Crippen molar-refractivity contribution in [3.8, 4) is 0 Å². The van der Waals surface area contributed by atoms with E-state index < -0.39 is 17.5 Å². The van der Waals surface area contributed by atoms with Crippen molar-refractivity contribution in [3.05, 3.63) is 34.6 Å². The number of aliphatic carboxylic acids is 1. The topological polar surface area (TPSA) is 37.3 Å². The van der Waals surface area contributed by atoms with E-state index in [-0.39, 0.29) is 17.0 Å². The first-order chi connectivity index (χ1) is 6.91. The van der Waals surface area contributed by atoms with Crippen LogP contribution in [0.25, 0.3) is 0 Å². The molecule has 0 amide bonds. The van der Waals surface area contributed by atoms with Gasteiger partial charge in [-0.05, 0) is 18.6 Å². The monoisotopic (exact) mass is 234 g/mol. The zero-order valence-corrected chi connectivity index (χ0v) is 8.68. The highest BCUT2D eigenvalue weighted by atomic mass is 35.5. The molecule has 1 atom stereocenters. The molecular formula is C10H9ClF2O2. The normalized spacial score (nSPS) is 14.7. The predicted molar refractivity (Wildman–Crippen MR) is 52.1 cm³/mol. The zero-order valence-electron chi connectivity index (χ0n) is 7.93. The number of halogens is 3. The smallest absolute Gasteiger partial charge is 0.346 e. The lowest BCUT2D eigenvalue weighted by Gasteiger charge is -2.20. The molecule has 2 nitrogen and oxygen atoms in total. The van der Waals surface area contributed by atoms with Crippen molar-refractivity contribution in [3.63, 3.8) is 0 Å². The van der Waals surface area contributed by atoms with Gasteiger partial charge in [0.25, 0.3) is 0 Å². The fourth-order valence-corrected chi connectivity index (χ4v) is 1.58. The Morgan fingerprint density at radius 3 is 2.60 bits per heavy atom. The number of carboxylic acids is 1. The lowest BCUT2D eigenvalue weighted by atomic mass is 9.93. The molecule has 1 aromatic carbocycles. The molecule has 0 aliphatic rings. The van der Waals surface area contributed by atoms with E-state index in [4.69, 9.17) is 16.7 Å². The minimum absolute atomic E-state index is 0.221. The number of hydrogen-bond donors (Lipinski definition) is 1. The molecule has 0 spiro atoms. The van der Waals surface area contributed by atoms with E-state index in [9.17, 15) is 13.6 Å². The Morgan fingerprint density at radius 1 is 1.60 bits per heavy atom. The van der Waals surface area contributed by atoms with Gasteiger partial charge in [-0.3, -0.25) is 0 Å². The van der Waals surface area contributed by atoms with Crippen molar-refractivity contribution < 1.29 is 18.7 Å². The molecular weight excluding hydrogens is 226 g/mol. The second kappa shape index (κ2) is 4.14. The molecule has 0 fully saturated rings. The number of carboxylic acid groups (broad SMARTS) is 1. The lowest BCUT2D eigenvalue weighted by molar-refractivity contribution is -0.151. The van der Waals surface area contributed by atoms with E-state index in [1.165, 1.54) is 6.92 Å². The average Bonchev–Trinajstić information content (AvgIpc) is 2.16. The summed E-state index contributed by atoms with van der Waals surface area (Å²) in [5, 5.41) is 8.53. The second-order valence-electron chi connectivity index (χ2n) is 3.08. The van der Waals surface area contributed by atoms with Gasteiger partial charge in [0.05, 0.1) is 5.02 Å². The van der Waals surface area contributed by atoms with Crippen molar-refractivity contribution >= 4 is 17.6 Å². The molecule has 0 bridgehead atoms. The maximum Gasteiger partial charge on any atom is 0.346 e. The van der Waals surface area contributed by atoms with Crippen LogP contribution < -0.4 is 0 Å². The molecule has 1 rings (SSSR count). The van der Waals surface area contributed by atoms with Gasteiger partial charge in [-0.25, -0.2) is 13.6 Å². The van der Waals surface area contributed by atoms with Crippen LogP contribution in [0, 0.1) is 5.82 Å². The van der Waals surface area contributed by atoms with Crippen molar-refractivity contribution in [2.45, 2.75) is 19.0 Å². The summed E-state index contributed by atoms with van der Waals surface area (Å²) in [6, 6.07) is 2.92. The summed E-state index contributed by atoms with van der Waals surface area (Å²) in [6.45, 7) is 1.38. The van der Waals surface area contributed by atoms with E-state index in [0.29, 0.717) is 0 Å². The summed E-state index contributed by atoms with van der Waals surface area (Å²) in [6.07, 6.45) is -0.270. The van der Waals surface area contributed by atoms with Crippen molar-refractivity contribution in [1.29, 1.82) is 0 Å². The number of alkyl halides is 1. The van der Waals surface area contributed by atoms with Crippen LogP contribution in [0.1, 0.15) is 18.9 Å². The number of benzene rings is 1. The molecule has 15 heavy (non-hydrogen) atoms. The Morgan fingerprint density at radius 2 is 2.20 bits per heavy atom. The van der Waals surface area contributed by atoms with Crippen LogP contribution in [0.3, 0.4) is 0 Å². The van der Waals surface area contributed by atoms with Crippen LogP contribution >= 0.6 is 11.6 Å². The minimum Gasteiger partial charge on any atom is -0.479 e. The molecule has 5 heteroatoms. The summed E-state index contributed by atoms with van der Waals surface area (Å²) in [5.74, 6) is -2.26. The standard InChI is InChI=1S/C10H9ClF2O2/c1-2-10(13,9(14)15)7-4-3-6(12)5-8(7)11/h3-5H,2H2,1H3,(H,14,15). The average molecular weight is 235 g/mol. The molecule has 0 aliphatic heterocycles. The van der Waals surface area contributed by atoms with Gasteiger partial charge in [-0.15, -0.1) is 0 Å². The molecule has 0 saturated carbocycles. The van der Waals surface area contributed by atoms with Gasteiger partial charge in [0.1, 0.15) is 5.82 Å². The van der Waals surface area contributed by atoms with Gasteiger partial charge < -0.3 is 5.11 Å². The number of carbonyl (C=O) groups is 1. The summed E-state index contributed by atoms with van der Waals surface area (Å²) >= 11 is 5.59. The summed E-state index contributed by atoms with van der Waals surface area (Å²) in [5.41, 5.74) is -2.79. The highest BCUT2D eigenvalue weighted by molar-refractivity contribution is 6.31. The van der Waals surface area contributed by atoms with Gasteiger partial charge in [0.15, 0.2) is 0 Å². The summed E-state index contributed by atoms with van der Waals surface area (Å²) in [7, 11) is 0. The number of rotatable bonds is 3. The maximum atomic E-state index is 14.0. The third-order valence-corrected chi connectivity index (χ3v) is 2.50. The third kappa shape index (κ3) is 2.09. The Hall–Kier alpha value is -1.16. The fourth-order valence-electron chi connectivity index (χ4n) is 1.27. The first kappa shape index (κ1) is 11.9. The van der Waals surface area contributed by atoms with Gasteiger partial charge in [-0.2, -0.15) is 0 Å². The summed E-state index contributed by atoms with van der Waals surface area (Å²) < 4.78 is 26.6. The molecule has 0 aromatic heterocycles. The molecule has 0 aliphatic carbocycles. The zero-order chi connectivity index (χ0) is 11.6. The van der Waals surface area contributed by atoms with Crippen LogP contribution in [0.2, 0.25) is 5.02 Å². The van der Waals surface area contributed by atoms with Crippen molar-refractivity contribution in [2.24, 2.45) is 0 Å². The molecule has 1 unspecified atom stereocenters. The van der Waals surface area contributed by atoms with Crippen LogP contribution in [0.4, 0.5) is 8.78 Å². The highest BCUT2D eigenvalue weighted by Gasteiger charge is 2.40. The molecule has 1 N–H and O–H groups in total. The Kier molecular flexibility index (Phi) is 3.29. The van der Waals surface area contributed by atoms with Crippen LogP contribution in [0.5, 0.6) is 0 Å². The van der Waals surface area contributed by atoms with Crippen molar-refractivity contribution in [1.82, 2.24) is 0 Å². The first-order valence-corrected chi connectivity index (χ1v) is 4.67. The number of hydrogen-bond acceptors (Lipinski definition) is 1. The molecule has 1 aromatic rings. The van der Waals surface area contributed by atoms with Crippen LogP contribution in [-0.4, -0.2) is 11.1 Å². The Labute approximate surface area is 90.5 Å². The van der Waals surface area contributed by atoms with Gasteiger partial charge in [0, 0.05) is 5.56 Å². The largest absolute Gasteiger partial charge is 0.479 e. The van der Waals surface area contributed by atoms with Gasteiger partial charge in [-0.1, -0.05) is 24.6 Å². The first-order valence-electron chi connectivity index (χ1n) is 4.29. The van der Waals surface area contributed by atoms with E-state index in [2.05, 4.69) is 0 Å². The van der Waals surface area contributed by atoms with E-state index in [1.54, 1.807) is 0 Å². The lowest BCUT2D eigenvalue weighted by Crippen LogP contribution is -2.30. The fraction of sp³-hybridized carbons (Fsp3) is 0.300. The van der Waals surface area contributed by atoms with Crippen molar-refractivity contribution in [2.75, 3.05) is 0 Å². The Bertz CT molecular complexity index is 395. The highest BCUT2D eigenvalue weighted by Crippen LogP contribution is 2.35. The molecule has 0 radical (unpaired) electrons. The SMILES string of the molecule is CCC(F)(C(=O)O)c1ccc(F)cc1Cl.